The van der Waals surface area contributed by atoms with Crippen LogP contribution in [-0.4, -0.2) is 28.3 Å². The Morgan fingerprint density at radius 1 is 0.800 bits per heavy atom. The summed E-state index contributed by atoms with van der Waals surface area (Å²) >= 11 is 0. The molecule has 1 aliphatic rings. The molecule has 0 saturated carbocycles. The minimum atomic E-state index is -4.27. The van der Waals surface area contributed by atoms with E-state index in [-0.39, 0.29) is 24.5 Å². The minimum absolute atomic E-state index is 0.0246. The van der Waals surface area contributed by atoms with Gasteiger partial charge in [-0.3, -0.25) is 23.4 Å². The maximum Gasteiger partial charge on any atom is 0.530 e. The number of para-hydroxylation sites is 2. The van der Waals surface area contributed by atoms with Gasteiger partial charge in [-0.15, -0.1) is 0 Å². The highest BCUT2D eigenvalue weighted by Gasteiger charge is 2.32. The predicted molar refractivity (Wildman–Crippen MR) is 195 cm³/mol. The molecule has 0 atom stereocenters. The fourth-order valence-corrected chi connectivity index (χ4v) is 6.85. The summed E-state index contributed by atoms with van der Waals surface area (Å²) in [6.45, 7) is 1.89. The number of H-pyrrole nitrogens is 1. The molecule has 0 unspecified atom stereocenters. The van der Waals surface area contributed by atoms with Crippen molar-refractivity contribution in [1.82, 2.24) is 9.55 Å². The number of ether oxygens (including phenoxy) is 1. The first kappa shape index (κ1) is 32.8. The molecule has 9 nitrogen and oxygen atoms in total. The van der Waals surface area contributed by atoms with E-state index in [0.717, 1.165) is 27.9 Å². The van der Waals surface area contributed by atoms with Crippen LogP contribution in [0.4, 0.5) is 0 Å². The number of methoxy groups -OCH3 is 1. The first-order valence-electron chi connectivity index (χ1n) is 16.0. The molecule has 1 aliphatic heterocycles. The molecule has 0 fully saturated rings. The molecule has 0 bridgehead atoms. The third kappa shape index (κ3) is 7.16. The van der Waals surface area contributed by atoms with Gasteiger partial charge in [-0.05, 0) is 60.5 Å². The molecule has 6 aromatic rings. The van der Waals surface area contributed by atoms with E-state index >= 15 is 0 Å². The molecule has 10 heteroatoms. The third-order valence-corrected chi connectivity index (χ3v) is 9.42. The summed E-state index contributed by atoms with van der Waals surface area (Å²) in [6, 6.07) is 36.7. The van der Waals surface area contributed by atoms with Gasteiger partial charge in [0.1, 0.15) is 11.5 Å². The largest absolute Gasteiger partial charge is 0.530 e. The Labute approximate surface area is 289 Å². The quantitative estimate of drug-likeness (QED) is 0.129. The van der Waals surface area contributed by atoms with Gasteiger partial charge in [0.15, 0.2) is 0 Å². The van der Waals surface area contributed by atoms with E-state index in [2.05, 4.69) is 9.98 Å². The lowest BCUT2D eigenvalue weighted by molar-refractivity contribution is 0.0963. The predicted octanol–water partition coefficient (Wildman–Crippen LogP) is 9.63. The molecule has 4 aromatic carbocycles. The lowest BCUT2D eigenvalue weighted by Crippen LogP contribution is -2.15. The fraction of sp³-hybridized carbons (Fsp3) is 0.100. The molecule has 250 valence electrons. The third-order valence-electron chi connectivity index (χ3n) is 8.10. The highest BCUT2D eigenvalue weighted by atomic mass is 31.2. The molecule has 0 radical (unpaired) electrons. The number of hydrogen-bond donors (Lipinski definition) is 1. The van der Waals surface area contributed by atoms with Crippen molar-refractivity contribution in [3.63, 3.8) is 0 Å². The van der Waals surface area contributed by atoms with Crippen LogP contribution in [-0.2, 0) is 26.8 Å². The Hall–Kier alpha value is -5.73. The number of phosphoric ester groups is 1. The van der Waals surface area contributed by atoms with Gasteiger partial charge in [0, 0.05) is 17.2 Å². The number of aromatic nitrogens is 2. The van der Waals surface area contributed by atoms with E-state index in [1.165, 1.54) is 0 Å². The van der Waals surface area contributed by atoms with Crippen molar-refractivity contribution in [2.45, 2.75) is 20.1 Å². The number of carbonyl (C=O) groups excluding carboxylic acids is 1. The van der Waals surface area contributed by atoms with Crippen molar-refractivity contribution < 1.29 is 27.7 Å². The fourth-order valence-electron chi connectivity index (χ4n) is 5.66. The first-order valence-corrected chi connectivity index (χ1v) is 17.5. The standard InChI is InChI=1S/C40H34N3O6P/c1-28-21-22-32(41-28)24-35-39(46-2)25-34(42-35)37-23-31-17-9-11-19-36(31)43(37)40(44)33-18-10-12-20-38(33)49-50(45,47-26-29-13-5-3-6-14-29)48-27-30-15-7-4-8-16-30/h3-25,42H,26-27H2,1-2H3/b32-24+. The summed E-state index contributed by atoms with van der Waals surface area (Å²) in [7, 11) is -2.67. The molecule has 0 spiro atoms. The zero-order valence-corrected chi connectivity index (χ0v) is 28.4. The maximum atomic E-state index is 14.7. The van der Waals surface area contributed by atoms with Crippen molar-refractivity contribution in [2.24, 2.45) is 4.99 Å². The van der Waals surface area contributed by atoms with E-state index in [1.807, 2.05) is 122 Å². The lowest BCUT2D eigenvalue weighted by Gasteiger charge is -2.20. The number of aromatic amines is 1. The Morgan fingerprint density at radius 3 is 2.10 bits per heavy atom. The van der Waals surface area contributed by atoms with E-state index < -0.39 is 13.7 Å². The van der Waals surface area contributed by atoms with Gasteiger partial charge >= 0.3 is 7.82 Å². The van der Waals surface area contributed by atoms with E-state index in [0.29, 0.717) is 28.3 Å². The molecule has 50 heavy (non-hydrogen) atoms. The molecule has 0 amide bonds. The van der Waals surface area contributed by atoms with Crippen LogP contribution in [0.25, 0.3) is 28.4 Å². The van der Waals surface area contributed by atoms with Gasteiger partial charge in [0.25, 0.3) is 5.91 Å². The van der Waals surface area contributed by atoms with E-state index in [1.54, 1.807) is 35.9 Å². The van der Waals surface area contributed by atoms with Gasteiger partial charge in [-0.1, -0.05) is 91.0 Å². The SMILES string of the molecule is COc1cc(-c2cc3ccccc3n2C(=O)c2ccccc2OP(=O)(OCc2ccccc2)OCc2ccccc2)[nH]c1/C=C1\C=CC(C)=N1. The Kier molecular flexibility index (Phi) is 9.45. The van der Waals surface area contributed by atoms with Gasteiger partial charge in [0.05, 0.1) is 54.2 Å². The highest BCUT2D eigenvalue weighted by molar-refractivity contribution is 7.48. The number of hydrogen-bond acceptors (Lipinski definition) is 7. The second-order valence-electron chi connectivity index (χ2n) is 11.6. The number of phosphoric acid groups is 1. The lowest BCUT2D eigenvalue weighted by atomic mass is 10.2. The molecule has 3 heterocycles. The van der Waals surface area contributed by atoms with Crippen LogP contribution < -0.4 is 9.26 Å². The Bertz CT molecular complexity index is 2260. The maximum absolute atomic E-state index is 14.7. The molecule has 2 aromatic heterocycles. The van der Waals surface area contributed by atoms with Crippen molar-refractivity contribution in [2.75, 3.05) is 7.11 Å². The zero-order valence-electron chi connectivity index (χ0n) is 27.5. The summed E-state index contributed by atoms with van der Waals surface area (Å²) in [6.07, 6.45) is 5.77. The topological polar surface area (TPSA) is 104 Å². The molecule has 1 N–H and O–H groups in total. The van der Waals surface area contributed by atoms with Crippen molar-refractivity contribution in [3.05, 3.63) is 162 Å². The second kappa shape index (κ2) is 14.4. The summed E-state index contributed by atoms with van der Waals surface area (Å²) in [5, 5.41) is 0.852. The highest BCUT2D eigenvalue weighted by Crippen LogP contribution is 2.52. The number of nitrogens with zero attached hydrogens (tertiary/aromatic N) is 2. The van der Waals surface area contributed by atoms with Crippen LogP contribution in [0.1, 0.15) is 34.1 Å². The smallest absolute Gasteiger partial charge is 0.494 e. The monoisotopic (exact) mass is 683 g/mol. The molecular weight excluding hydrogens is 649 g/mol. The Balaban J connectivity index is 1.26. The number of allylic oxidation sites excluding steroid dienone is 2. The summed E-state index contributed by atoms with van der Waals surface area (Å²) in [5.41, 5.74) is 6.08. The first-order chi connectivity index (χ1) is 24.4. The number of carbonyl (C=O) groups is 1. The summed E-state index contributed by atoms with van der Waals surface area (Å²) in [4.78, 5) is 22.6. The van der Waals surface area contributed by atoms with Crippen LogP contribution in [0, 0.1) is 0 Å². The minimum Gasteiger partial charge on any atom is -0.494 e. The number of nitrogens with one attached hydrogen (secondary N) is 1. The molecular formula is C40H34N3O6P. The van der Waals surface area contributed by atoms with Crippen LogP contribution in [0.2, 0.25) is 0 Å². The number of fused-ring (bicyclic) bond motifs is 1. The van der Waals surface area contributed by atoms with Crippen LogP contribution in [0.3, 0.4) is 0 Å². The van der Waals surface area contributed by atoms with E-state index in [4.69, 9.17) is 18.3 Å². The number of rotatable bonds is 12. The Morgan fingerprint density at radius 2 is 1.44 bits per heavy atom. The average molecular weight is 684 g/mol. The van der Waals surface area contributed by atoms with Crippen molar-refractivity contribution >= 4 is 36.4 Å². The molecule has 0 aliphatic carbocycles. The van der Waals surface area contributed by atoms with Crippen molar-refractivity contribution in [1.29, 1.82) is 0 Å². The molecule has 7 rings (SSSR count). The van der Waals surface area contributed by atoms with Crippen LogP contribution >= 0.6 is 7.82 Å². The van der Waals surface area contributed by atoms with Crippen molar-refractivity contribution in [3.8, 4) is 22.9 Å². The zero-order chi connectivity index (χ0) is 34.5. The summed E-state index contributed by atoms with van der Waals surface area (Å²) < 4.78 is 39.5. The average Bonchev–Trinajstić information content (AvgIpc) is 3.87. The van der Waals surface area contributed by atoms with Gasteiger partial charge in [-0.25, -0.2) is 4.57 Å². The number of benzene rings is 4. The van der Waals surface area contributed by atoms with Crippen LogP contribution in [0.5, 0.6) is 11.5 Å². The molecule has 0 saturated heterocycles. The van der Waals surface area contributed by atoms with Gasteiger partial charge in [0.2, 0.25) is 0 Å². The second-order valence-corrected chi connectivity index (χ2v) is 13.2. The van der Waals surface area contributed by atoms with Crippen LogP contribution in [0.15, 0.2) is 144 Å². The van der Waals surface area contributed by atoms with E-state index in [9.17, 15) is 9.36 Å². The number of aliphatic imine (C=N–C) groups is 1. The van der Waals surface area contributed by atoms with Gasteiger partial charge < -0.3 is 14.2 Å². The summed E-state index contributed by atoms with van der Waals surface area (Å²) in [5.74, 6) is 0.254. The normalized spacial score (nSPS) is 13.6. The van der Waals surface area contributed by atoms with Gasteiger partial charge in [-0.2, -0.15) is 0 Å².